The zero-order chi connectivity index (χ0) is 23.5. The monoisotopic (exact) mass is 464 g/mol. The van der Waals surface area contributed by atoms with Crippen LogP contribution in [0.4, 0.5) is 13.2 Å². The largest absolute Gasteiger partial charge is 0.477 e. The van der Waals surface area contributed by atoms with E-state index in [0.717, 1.165) is 16.8 Å². The number of halogens is 4. The van der Waals surface area contributed by atoms with Gasteiger partial charge in [-0.25, -0.2) is 19.5 Å². The van der Waals surface area contributed by atoms with Crippen molar-refractivity contribution in [3.05, 3.63) is 76.2 Å². The molecule has 3 rings (SSSR count). The Kier molecular flexibility index (Phi) is 6.58. The second-order valence-electron chi connectivity index (χ2n) is 6.52. The minimum absolute atomic E-state index is 0.0669. The smallest absolute Gasteiger partial charge is 0.416 e. The first-order valence-electron chi connectivity index (χ1n) is 8.97. The molecule has 8 nitrogen and oxygen atoms in total. The van der Waals surface area contributed by atoms with Crippen LogP contribution in [0.1, 0.15) is 27.3 Å². The van der Waals surface area contributed by atoms with Crippen molar-refractivity contribution in [1.82, 2.24) is 19.8 Å². The molecule has 0 aliphatic rings. The van der Waals surface area contributed by atoms with E-state index < -0.39 is 17.7 Å². The van der Waals surface area contributed by atoms with Crippen LogP contribution in [0.3, 0.4) is 0 Å². The highest BCUT2D eigenvalue weighted by atomic mass is 35.5. The number of nitrogens with zero attached hydrogens (tertiary/aromatic N) is 6. The van der Waals surface area contributed by atoms with E-state index in [4.69, 9.17) is 11.6 Å². The molecule has 1 aromatic carbocycles. The van der Waals surface area contributed by atoms with Gasteiger partial charge in [0.25, 0.3) is 0 Å². The maximum Gasteiger partial charge on any atom is 0.416 e. The second-order valence-corrected chi connectivity index (χ2v) is 6.93. The molecule has 0 unspecified atom stereocenters. The van der Waals surface area contributed by atoms with Crippen molar-refractivity contribution in [2.24, 2.45) is 10.1 Å². The van der Waals surface area contributed by atoms with Gasteiger partial charge in [0.15, 0.2) is 17.3 Å². The Morgan fingerprint density at radius 1 is 1.28 bits per heavy atom. The molecule has 0 spiro atoms. The van der Waals surface area contributed by atoms with Crippen LogP contribution in [-0.4, -0.2) is 50.5 Å². The van der Waals surface area contributed by atoms with Crippen LogP contribution in [0.15, 0.2) is 58.8 Å². The van der Waals surface area contributed by atoms with Crippen LogP contribution in [0.25, 0.3) is 5.82 Å². The van der Waals surface area contributed by atoms with Gasteiger partial charge in [-0.1, -0.05) is 23.7 Å². The maximum absolute atomic E-state index is 12.8. The standard InChI is InChI=1S/C20H16ClF3N6O2/c1-25-17(12-5-7-13(8-6-12)20(22,23)24)28-29(2)11-14-10-16(19(31)32)30(27-14)18-15(21)4-3-9-26-18/h3-10H,1,11H2,2H3,(H,31,32)/b28-17-. The number of pyridine rings is 1. The number of carboxylic acids is 1. The highest BCUT2D eigenvalue weighted by Crippen LogP contribution is 2.29. The molecule has 2 heterocycles. The summed E-state index contributed by atoms with van der Waals surface area (Å²) in [6.45, 7) is 3.48. The summed E-state index contributed by atoms with van der Waals surface area (Å²) >= 11 is 6.11. The number of carboxylic acid groups (broad SMARTS) is 1. The van der Waals surface area contributed by atoms with Crippen molar-refractivity contribution in [1.29, 1.82) is 0 Å². The second kappa shape index (κ2) is 9.18. The van der Waals surface area contributed by atoms with Crippen LogP contribution < -0.4 is 0 Å². The van der Waals surface area contributed by atoms with Gasteiger partial charge in [0.1, 0.15) is 0 Å². The number of amidine groups is 1. The highest BCUT2D eigenvalue weighted by Gasteiger charge is 2.30. The van der Waals surface area contributed by atoms with E-state index in [1.807, 2.05) is 0 Å². The first-order chi connectivity index (χ1) is 15.1. The van der Waals surface area contributed by atoms with Gasteiger partial charge in [0.05, 0.1) is 22.8 Å². The lowest BCUT2D eigenvalue weighted by Crippen LogP contribution is -2.15. The minimum Gasteiger partial charge on any atom is -0.477 e. The molecule has 0 fully saturated rings. The van der Waals surface area contributed by atoms with E-state index in [2.05, 4.69) is 26.9 Å². The summed E-state index contributed by atoms with van der Waals surface area (Å²) < 4.78 is 39.4. The third kappa shape index (κ3) is 5.11. The Labute approximate surface area is 185 Å². The summed E-state index contributed by atoms with van der Waals surface area (Å²) in [4.78, 5) is 19.5. The van der Waals surface area contributed by atoms with Crippen molar-refractivity contribution >= 4 is 30.1 Å². The van der Waals surface area contributed by atoms with Crippen LogP contribution in [-0.2, 0) is 12.7 Å². The number of alkyl halides is 3. The SMILES string of the molecule is C=N/C(=N\N(C)Cc1cc(C(=O)O)n(-c2ncccc2Cl)n1)c1ccc(C(F)(F)F)cc1. The lowest BCUT2D eigenvalue weighted by Gasteiger charge is -2.13. The minimum atomic E-state index is -4.45. The summed E-state index contributed by atoms with van der Waals surface area (Å²) in [6, 6.07) is 8.83. The van der Waals surface area contributed by atoms with E-state index in [1.165, 1.54) is 29.4 Å². The number of benzene rings is 1. The van der Waals surface area contributed by atoms with Crippen molar-refractivity contribution in [3.8, 4) is 5.82 Å². The lowest BCUT2D eigenvalue weighted by atomic mass is 10.1. The van der Waals surface area contributed by atoms with Gasteiger partial charge in [-0.05, 0) is 37.0 Å². The summed E-state index contributed by atoms with van der Waals surface area (Å²) in [5.74, 6) is -0.983. The van der Waals surface area contributed by atoms with Crippen molar-refractivity contribution in [3.63, 3.8) is 0 Å². The third-order valence-electron chi connectivity index (χ3n) is 4.20. The van der Waals surface area contributed by atoms with Crippen molar-refractivity contribution in [2.45, 2.75) is 12.7 Å². The summed E-state index contributed by atoms with van der Waals surface area (Å²) in [6.07, 6.45) is -3.00. The molecule has 0 saturated carbocycles. The average Bonchev–Trinajstić information content (AvgIpc) is 3.15. The Hall–Kier alpha value is -3.73. The van der Waals surface area contributed by atoms with Crippen LogP contribution in [0.5, 0.6) is 0 Å². The molecule has 3 aromatic rings. The molecular formula is C20H16ClF3N6O2. The van der Waals surface area contributed by atoms with Gasteiger partial charge in [-0.15, -0.1) is 0 Å². The molecule has 0 bridgehead atoms. The van der Waals surface area contributed by atoms with Crippen LogP contribution in [0.2, 0.25) is 5.02 Å². The molecule has 2 aromatic heterocycles. The quantitative estimate of drug-likeness (QED) is 0.336. The molecule has 12 heteroatoms. The van der Waals surface area contributed by atoms with E-state index in [9.17, 15) is 23.1 Å². The van der Waals surface area contributed by atoms with Gasteiger partial charge in [0.2, 0.25) is 0 Å². The molecule has 1 N–H and O–H groups in total. The van der Waals surface area contributed by atoms with E-state index >= 15 is 0 Å². The van der Waals surface area contributed by atoms with E-state index in [0.29, 0.717) is 11.3 Å². The number of hydrogen-bond acceptors (Lipinski definition) is 5. The molecule has 0 radical (unpaired) electrons. The Bertz CT molecular complexity index is 1170. The molecule has 0 aliphatic heterocycles. The van der Waals surface area contributed by atoms with Gasteiger partial charge >= 0.3 is 12.1 Å². The predicted molar refractivity (Wildman–Crippen MR) is 112 cm³/mol. The summed E-state index contributed by atoms with van der Waals surface area (Å²) in [5, 5.41) is 19.6. The van der Waals surface area contributed by atoms with Gasteiger partial charge < -0.3 is 5.11 Å². The fourth-order valence-corrected chi connectivity index (χ4v) is 2.98. The maximum atomic E-state index is 12.8. The molecule has 0 atom stereocenters. The zero-order valence-corrected chi connectivity index (χ0v) is 17.3. The fraction of sp³-hybridized carbons (Fsp3) is 0.150. The molecule has 32 heavy (non-hydrogen) atoms. The number of carbonyl (C=O) groups is 1. The Morgan fingerprint density at radius 2 is 1.97 bits per heavy atom. The summed E-state index contributed by atoms with van der Waals surface area (Å²) in [5.41, 5.74) is -0.274. The first kappa shape index (κ1) is 22.9. The first-order valence-corrected chi connectivity index (χ1v) is 9.35. The normalized spacial score (nSPS) is 12.0. The third-order valence-corrected chi connectivity index (χ3v) is 4.49. The zero-order valence-electron chi connectivity index (χ0n) is 16.6. The number of aromatic nitrogens is 3. The van der Waals surface area contributed by atoms with Gasteiger partial charge in [-0.3, -0.25) is 5.01 Å². The number of rotatable bonds is 6. The van der Waals surface area contributed by atoms with Gasteiger partial charge in [-0.2, -0.15) is 23.4 Å². The van der Waals surface area contributed by atoms with E-state index in [-0.39, 0.29) is 28.9 Å². The Morgan fingerprint density at radius 3 is 2.53 bits per heavy atom. The predicted octanol–water partition coefficient (Wildman–Crippen LogP) is 4.13. The number of aliphatic imine (C=N–C) groups is 1. The number of hydrazone groups is 1. The van der Waals surface area contributed by atoms with Crippen LogP contribution >= 0.6 is 11.6 Å². The molecular weight excluding hydrogens is 449 g/mol. The van der Waals surface area contributed by atoms with Crippen LogP contribution in [0, 0.1) is 0 Å². The fourth-order valence-electron chi connectivity index (χ4n) is 2.77. The Balaban J connectivity index is 1.86. The van der Waals surface area contributed by atoms with Crippen molar-refractivity contribution < 1.29 is 23.1 Å². The molecule has 0 amide bonds. The topological polar surface area (TPSA) is 96.0 Å². The molecule has 166 valence electrons. The highest BCUT2D eigenvalue weighted by molar-refractivity contribution is 6.32. The molecule has 0 aliphatic carbocycles. The van der Waals surface area contributed by atoms with Gasteiger partial charge in [0, 0.05) is 18.8 Å². The lowest BCUT2D eigenvalue weighted by molar-refractivity contribution is -0.137. The number of aromatic carboxylic acids is 1. The summed E-state index contributed by atoms with van der Waals surface area (Å²) in [7, 11) is 1.57. The number of hydrogen-bond donors (Lipinski definition) is 1. The van der Waals surface area contributed by atoms with E-state index in [1.54, 1.807) is 19.2 Å². The molecule has 0 saturated heterocycles. The van der Waals surface area contributed by atoms with Crippen molar-refractivity contribution in [2.75, 3.05) is 7.05 Å². The average molecular weight is 465 g/mol.